The van der Waals surface area contributed by atoms with Gasteiger partial charge in [0.2, 0.25) is 0 Å². The van der Waals surface area contributed by atoms with E-state index in [0.29, 0.717) is 5.92 Å². The van der Waals surface area contributed by atoms with Crippen LogP contribution in [-0.2, 0) is 25.7 Å². The molecule has 0 spiro atoms. The van der Waals surface area contributed by atoms with E-state index in [-0.39, 0.29) is 0 Å². The van der Waals surface area contributed by atoms with Crippen molar-refractivity contribution in [3.8, 4) is 11.1 Å². The predicted octanol–water partition coefficient (Wildman–Crippen LogP) is 7.83. The highest BCUT2D eigenvalue weighted by atomic mass is 14.1. The van der Waals surface area contributed by atoms with Crippen molar-refractivity contribution >= 4 is 0 Å². The number of hydrogen-bond donors (Lipinski definition) is 0. The van der Waals surface area contributed by atoms with Crippen molar-refractivity contribution in [2.24, 2.45) is 5.92 Å². The lowest BCUT2D eigenvalue weighted by molar-refractivity contribution is 0.716. The van der Waals surface area contributed by atoms with E-state index in [9.17, 15) is 0 Å². The van der Waals surface area contributed by atoms with Crippen LogP contribution in [-0.4, -0.2) is 0 Å². The molecule has 0 saturated heterocycles. The first-order chi connectivity index (χ1) is 14.2. The highest BCUT2D eigenvalue weighted by Crippen LogP contribution is 2.28. The number of aryl methyl sites for hydroxylation is 1. The molecule has 0 aromatic heterocycles. The first-order valence-electron chi connectivity index (χ1n) is 11.0. The lowest BCUT2D eigenvalue weighted by Gasteiger charge is -2.15. The molecule has 2 aromatic carbocycles. The largest absolute Gasteiger partial charge is 0.103 e. The van der Waals surface area contributed by atoms with Crippen molar-refractivity contribution in [3.63, 3.8) is 0 Å². The SMILES string of the molecule is C=CCc1ccc(-c2ccc3c(c2)CC/C=C\C=C/C3)cc1CC(C)/C=C\CC. The maximum Gasteiger partial charge on any atom is -0.00916 e. The zero-order valence-corrected chi connectivity index (χ0v) is 18.0. The van der Waals surface area contributed by atoms with Gasteiger partial charge in [-0.25, -0.2) is 0 Å². The van der Waals surface area contributed by atoms with Crippen molar-refractivity contribution in [3.05, 3.63) is 108 Å². The van der Waals surface area contributed by atoms with Crippen LogP contribution in [0.25, 0.3) is 11.1 Å². The van der Waals surface area contributed by atoms with Gasteiger partial charge in [0.15, 0.2) is 0 Å². The van der Waals surface area contributed by atoms with Crippen molar-refractivity contribution < 1.29 is 0 Å². The average Bonchev–Trinajstić information content (AvgIpc) is 2.85. The summed E-state index contributed by atoms with van der Waals surface area (Å²) in [6.07, 6.45) is 21.9. The molecule has 29 heavy (non-hydrogen) atoms. The van der Waals surface area contributed by atoms with Gasteiger partial charge in [0.25, 0.3) is 0 Å². The lowest BCUT2D eigenvalue weighted by Crippen LogP contribution is -2.01. The molecule has 0 nitrogen and oxygen atoms in total. The molecule has 0 aliphatic heterocycles. The van der Waals surface area contributed by atoms with E-state index in [2.05, 4.69) is 93.3 Å². The van der Waals surface area contributed by atoms with E-state index < -0.39 is 0 Å². The van der Waals surface area contributed by atoms with Gasteiger partial charge in [-0.1, -0.05) is 92.8 Å². The Balaban J connectivity index is 1.93. The third kappa shape index (κ3) is 5.94. The van der Waals surface area contributed by atoms with Crippen molar-refractivity contribution in [2.75, 3.05) is 0 Å². The van der Waals surface area contributed by atoms with Crippen molar-refractivity contribution in [1.29, 1.82) is 0 Å². The monoisotopic (exact) mass is 382 g/mol. The summed E-state index contributed by atoms with van der Waals surface area (Å²) in [6.45, 7) is 8.46. The smallest absolute Gasteiger partial charge is 0.00916 e. The minimum absolute atomic E-state index is 0.548. The van der Waals surface area contributed by atoms with Crippen LogP contribution in [0.1, 0.15) is 48.9 Å². The quantitative estimate of drug-likeness (QED) is 0.428. The van der Waals surface area contributed by atoms with Gasteiger partial charge in [-0.05, 0) is 77.8 Å². The van der Waals surface area contributed by atoms with Crippen molar-refractivity contribution in [1.82, 2.24) is 0 Å². The van der Waals surface area contributed by atoms with Gasteiger partial charge in [0.1, 0.15) is 0 Å². The molecule has 0 amide bonds. The predicted molar refractivity (Wildman–Crippen MR) is 128 cm³/mol. The fraction of sp³-hybridized carbons (Fsp3) is 0.310. The molecule has 0 saturated carbocycles. The van der Waals surface area contributed by atoms with E-state index in [1.54, 1.807) is 0 Å². The number of fused-ring (bicyclic) bond motifs is 1. The maximum atomic E-state index is 3.95. The second-order valence-corrected chi connectivity index (χ2v) is 8.08. The molecule has 0 radical (unpaired) electrons. The molecule has 0 fully saturated rings. The van der Waals surface area contributed by atoms with E-state index in [1.807, 2.05) is 6.08 Å². The molecule has 1 unspecified atom stereocenters. The summed E-state index contributed by atoms with van der Waals surface area (Å²) in [5.41, 5.74) is 8.45. The van der Waals surface area contributed by atoms with Crippen LogP contribution in [0.4, 0.5) is 0 Å². The van der Waals surface area contributed by atoms with Gasteiger partial charge < -0.3 is 0 Å². The number of rotatable bonds is 7. The third-order valence-electron chi connectivity index (χ3n) is 5.65. The zero-order valence-electron chi connectivity index (χ0n) is 18.0. The molecule has 0 N–H and O–H groups in total. The molecule has 1 aliphatic rings. The van der Waals surface area contributed by atoms with Gasteiger partial charge in [0, 0.05) is 0 Å². The number of hydrogen-bond acceptors (Lipinski definition) is 0. The summed E-state index contributed by atoms with van der Waals surface area (Å²) in [5.74, 6) is 0.548. The molecule has 1 aliphatic carbocycles. The van der Waals surface area contributed by atoms with E-state index in [0.717, 1.165) is 38.5 Å². The Kier molecular flexibility index (Phi) is 7.87. The molecular weight excluding hydrogens is 348 g/mol. The van der Waals surface area contributed by atoms with Crippen LogP contribution in [0.3, 0.4) is 0 Å². The summed E-state index contributed by atoms with van der Waals surface area (Å²) in [5, 5.41) is 0. The Morgan fingerprint density at radius 3 is 2.59 bits per heavy atom. The molecule has 0 bridgehead atoms. The Morgan fingerprint density at radius 2 is 1.76 bits per heavy atom. The molecular formula is C29H34. The van der Waals surface area contributed by atoms with Gasteiger partial charge in [-0.15, -0.1) is 6.58 Å². The van der Waals surface area contributed by atoms with Crippen LogP contribution in [0.15, 0.2) is 85.5 Å². The fourth-order valence-electron chi connectivity index (χ4n) is 4.06. The summed E-state index contributed by atoms with van der Waals surface area (Å²) in [6, 6.07) is 14.0. The minimum Gasteiger partial charge on any atom is -0.103 e. The van der Waals surface area contributed by atoms with Crippen LogP contribution in [0.5, 0.6) is 0 Å². The Hall–Kier alpha value is -2.60. The lowest BCUT2D eigenvalue weighted by atomic mass is 9.90. The van der Waals surface area contributed by atoms with Gasteiger partial charge in [0.05, 0.1) is 0 Å². The van der Waals surface area contributed by atoms with Gasteiger partial charge in [-0.3, -0.25) is 0 Å². The maximum absolute atomic E-state index is 3.95. The summed E-state index contributed by atoms with van der Waals surface area (Å²) >= 11 is 0. The topological polar surface area (TPSA) is 0 Å². The van der Waals surface area contributed by atoms with Crippen LogP contribution >= 0.6 is 0 Å². The van der Waals surface area contributed by atoms with Gasteiger partial charge >= 0.3 is 0 Å². The normalized spacial score (nSPS) is 17.0. The second kappa shape index (κ2) is 10.8. The molecule has 0 heteroatoms. The fourth-order valence-corrected chi connectivity index (χ4v) is 4.06. The molecule has 3 rings (SSSR count). The van der Waals surface area contributed by atoms with Gasteiger partial charge in [-0.2, -0.15) is 0 Å². The third-order valence-corrected chi connectivity index (χ3v) is 5.65. The Bertz CT molecular complexity index is 908. The first kappa shape index (κ1) is 21.1. The second-order valence-electron chi connectivity index (χ2n) is 8.08. The number of benzene rings is 2. The van der Waals surface area contributed by atoms with Crippen LogP contribution < -0.4 is 0 Å². The Labute approximate surface area is 177 Å². The zero-order chi connectivity index (χ0) is 20.5. The van der Waals surface area contributed by atoms with Crippen LogP contribution in [0, 0.1) is 5.92 Å². The summed E-state index contributed by atoms with van der Waals surface area (Å²) in [7, 11) is 0. The van der Waals surface area contributed by atoms with E-state index in [1.165, 1.54) is 33.4 Å². The molecule has 150 valence electrons. The molecule has 1 atom stereocenters. The van der Waals surface area contributed by atoms with E-state index in [4.69, 9.17) is 0 Å². The number of allylic oxidation sites excluding steroid dienone is 7. The highest BCUT2D eigenvalue weighted by molar-refractivity contribution is 5.67. The van der Waals surface area contributed by atoms with Crippen LogP contribution in [0.2, 0.25) is 0 Å². The summed E-state index contributed by atoms with van der Waals surface area (Å²) in [4.78, 5) is 0. The highest BCUT2D eigenvalue weighted by Gasteiger charge is 2.10. The molecule has 2 aromatic rings. The standard InChI is InChI=1S/C29H34/c1-4-6-13-23(3)20-29-22-28(18-16-24(29)12-5-2)27-19-17-25-14-10-8-7-9-11-15-26(25)21-27/h5-10,13,16-19,21-23H,2,4,11-12,14-15,20H2,1,3H3/b9-7-,10-8-,13-6-. The Morgan fingerprint density at radius 1 is 0.966 bits per heavy atom. The first-order valence-corrected chi connectivity index (χ1v) is 11.0. The van der Waals surface area contributed by atoms with E-state index >= 15 is 0 Å². The molecule has 0 heterocycles. The minimum atomic E-state index is 0.548. The average molecular weight is 383 g/mol. The summed E-state index contributed by atoms with van der Waals surface area (Å²) < 4.78 is 0. The van der Waals surface area contributed by atoms with Crippen molar-refractivity contribution in [2.45, 2.75) is 52.4 Å².